The van der Waals surface area contributed by atoms with Gasteiger partial charge in [-0.3, -0.25) is 0 Å². The van der Waals surface area contributed by atoms with Crippen LogP contribution in [0.25, 0.3) is 0 Å². The zero-order chi connectivity index (χ0) is 8.04. The molecule has 0 atom stereocenters. The molecule has 0 aromatic carbocycles. The van der Waals surface area contributed by atoms with Gasteiger partial charge >= 0.3 is 73.7 Å². The van der Waals surface area contributed by atoms with Crippen LogP contribution in [0.5, 0.6) is 0 Å². The topological polar surface area (TPSA) is 9.23 Å². The Balaban J connectivity index is 3.04. The summed E-state index contributed by atoms with van der Waals surface area (Å²) >= 11 is -0.155. The predicted molar refractivity (Wildman–Crippen MR) is 40.6 cm³/mol. The third kappa shape index (κ3) is 8.67. The molecule has 60 valence electrons. The predicted octanol–water partition coefficient (Wildman–Crippen LogP) is 3.02. The van der Waals surface area contributed by atoms with E-state index in [0.29, 0.717) is 3.72 Å². The van der Waals surface area contributed by atoms with Gasteiger partial charge < -0.3 is 0 Å². The number of unbranched alkanes of at least 4 members (excludes halogenated alkanes) is 1. The van der Waals surface area contributed by atoms with Gasteiger partial charge in [0.15, 0.2) is 0 Å². The maximum absolute atomic E-state index is 5.56. The molecule has 0 aromatic heterocycles. The first-order valence-electron chi connectivity index (χ1n) is 3.95. The molecule has 0 amide bonds. The van der Waals surface area contributed by atoms with Gasteiger partial charge in [0.1, 0.15) is 0 Å². The average Bonchev–Trinajstić information content (AvgIpc) is 1.78. The van der Waals surface area contributed by atoms with Crippen LogP contribution in [0, 0.1) is 0 Å². The first-order valence-corrected chi connectivity index (χ1v) is 5.37. The van der Waals surface area contributed by atoms with Gasteiger partial charge in [0.2, 0.25) is 0 Å². The van der Waals surface area contributed by atoms with E-state index in [1.807, 2.05) is 0 Å². The van der Waals surface area contributed by atoms with E-state index in [1.54, 1.807) is 0 Å². The van der Waals surface area contributed by atoms with Gasteiger partial charge in [-0.25, -0.2) is 0 Å². The average molecular weight is 178 g/mol. The van der Waals surface area contributed by atoms with Crippen LogP contribution in [-0.2, 0) is 22.9 Å². The normalized spacial score (nSPS) is 11.6. The molecular weight excluding hydrogens is 160 g/mol. The summed E-state index contributed by atoms with van der Waals surface area (Å²) in [6.45, 7) is 9.92. The molecule has 0 aromatic rings. The quantitative estimate of drug-likeness (QED) is 0.475. The van der Waals surface area contributed by atoms with Gasteiger partial charge in [0.05, 0.1) is 0 Å². The Kier molecular flexibility index (Phi) is 5.70. The second-order valence-corrected chi connectivity index (χ2v) is 6.67. The number of rotatable bonds is 4. The molecule has 0 N–H and O–H groups in total. The third-order valence-corrected chi connectivity index (χ3v) is 2.48. The Morgan fingerprint density at radius 3 is 2.30 bits per heavy atom. The zero-order valence-corrected chi connectivity index (χ0v) is 9.09. The first kappa shape index (κ1) is 10.7. The first-order chi connectivity index (χ1) is 4.56. The van der Waals surface area contributed by atoms with Crippen molar-refractivity contribution in [1.29, 1.82) is 0 Å². The van der Waals surface area contributed by atoms with Crippen molar-refractivity contribution < 1.29 is 22.9 Å². The summed E-state index contributed by atoms with van der Waals surface area (Å²) in [6, 6.07) is 0. The molecule has 0 radical (unpaired) electrons. The second-order valence-electron chi connectivity index (χ2n) is 3.55. The molecule has 0 aliphatic heterocycles. The SMILES string of the molecule is CCCC[O][Ti][C](C)(C)C. The Bertz CT molecular complexity index is 75.8. The molecule has 0 spiro atoms. The molecule has 0 unspecified atom stereocenters. The van der Waals surface area contributed by atoms with Gasteiger partial charge in [0, 0.05) is 0 Å². The molecule has 0 saturated heterocycles. The summed E-state index contributed by atoms with van der Waals surface area (Å²) in [5.74, 6) is 0. The fourth-order valence-corrected chi connectivity index (χ4v) is 1.54. The summed E-state index contributed by atoms with van der Waals surface area (Å²) in [7, 11) is 0. The van der Waals surface area contributed by atoms with Gasteiger partial charge in [-0.1, -0.05) is 0 Å². The van der Waals surface area contributed by atoms with Crippen molar-refractivity contribution in [3.8, 4) is 0 Å². The van der Waals surface area contributed by atoms with Crippen LogP contribution in [0.1, 0.15) is 40.5 Å². The molecule has 0 heterocycles. The Morgan fingerprint density at radius 1 is 1.30 bits per heavy atom. The van der Waals surface area contributed by atoms with Crippen LogP contribution < -0.4 is 0 Å². The van der Waals surface area contributed by atoms with Gasteiger partial charge in [-0.2, -0.15) is 0 Å². The van der Waals surface area contributed by atoms with Crippen molar-refractivity contribution in [3.63, 3.8) is 0 Å². The maximum atomic E-state index is 5.56. The van der Waals surface area contributed by atoms with E-state index < -0.39 is 0 Å². The number of hydrogen-bond donors (Lipinski definition) is 0. The minimum atomic E-state index is -0.155. The molecule has 0 saturated carbocycles. The van der Waals surface area contributed by atoms with Crippen molar-refractivity contribution in [2.75, 3.05) is 6.61 Å². The van der Waals surface area contributed by atoms with Crippen LogP contribution >= 0.6 is 0 Å². The summed E-state index contributed by atoms with van der Waals surface area (Å²) in [6.07, 6.45) is 2.47. The molecule has 0 aliphatic rings. The molecule has 2 heteroatoms. The molecular formula is C8H18OTi. The Morgan fingerprint density at radius 2 is 1.90 bits per heavy atom. The fourth-order valence-electron chi connectivity index (χ4n) is 0.484. The van der Waals surface area contributed by atoms with Crippen LogP contribution in [0.15, 0.2) is 0 Å². The van der Waals surface area contributed by atoms with Gasteiger partial charge in [-0.05, 0) is 0 Å². The summed E-state index contributed by atoms with van der Waals surface area (Å²) in [5.41, 5.74) is 0. The van der Waals surface area contributed by atoms with E-state index in [1.165, 1.54) is 12.8 Å². The van der Waals surface area contributed by atoms with Crippen molar-refractivity contribution in [1.82, 2.24) is 0 Å². The molecule has 0 bridgehead atoms. The minimum absolute atomic E-state index is 0.155. The van der Waals surface area contributed by atoms with Crippen LogP contribution in [0.3, 0.4) is 0 Å². The van der Waals surface area contributed by atoms with E-state index in [2.05, 4.69) is 27.7 Å². The summed E-state index contributed by atoms with van der Waals surface area (Å²) in [5, 5.41) is 0. The Labute approximate surface area is 73.9 Å². The van der Waals surface area contributed by atoms with E-state index >= 15 is 0 Å². The second kappa shape index (κ2) is 5.34. The van der Waals surface area contributed by atoms with Crippen molar-refractivity contribution in [2.45, 2.75) is 44.3 Å². The van der Waals surface area contributed by atoms with Gasteiger partial charge in [0.25, 0.3) is 0 Å². The van der Waals surface area contributed by atoms with E-state index in [9.17, 15) is 0 Å². The van der Waals surface area contributed by atoms with Crippen molar-refractivity contribution >= 4 is 0 Å². The monoisotopic (exact) mass is 178 g/mol. The molecule has 1 nitrogen and oxygen atoms in total. The van der Waals surface area contributed by atoms with Gasteiger partial charge in [-0.15, -0.1) is 0 Å². The third-order valence-electron chi connectivity index (χ3n) is 0.978. The van der Waals surface area contributed by atoms with Crippen LogP contribution in [-0.4, -0.2) is 6.61 Å². The molecule has 0 aliphatic carbocycles. The van der Waals surface area contributed by atoms with Crippen molar-refractivity contribution in [3.05, 3.63) is 0 Å². The van der Waals surface area contributed by atoms with Crippen LogP contribution in [0.4, 0.5) is 0 Å². The van der Waals surface area contributed by atoms with Crippen molar-refractivity contribution in [2.24, 2.45) is 0 Å². The molecule has 10 heavy (non-hydrogen) atoms. The van der Waals surface area contributed by atoms with Crippen LogP contribution in [0.2, 0.25) is 3.72 Å². The summed E-state index contributed by atoms with van der Waals surface area (Å²) in [4.78, 5) is 0. The molecule has 0 rings (SSSR count). The number of hydrogen-bond acceptors (Lipinski definition) is 1. The standard InChI is InChI=1S/C4H9O.C4H9.Ti/c1-2-3-4-5;1-4(2)3;/h2-4H2,1H3;1-3H3;/q-1;;+1. The molecule has 0 fully saturated rings. The van der Waals surface area contributed by atoms with E-state index in [4.69, 9.17) is 3.32 Å². The zero-order valence-electron chi connectivity index (χ0n) is 7.53. The summed E-state index contributed by atoms with van der Waals surface area (Å²) < 4.78 is 6.02. The Hall–Kier alpha value is 0.674. The van der Waals surface area contributed by atoms with E-state index in [-0.39, 0.29) is 19.5 Å². The van der Waals surface area contributed by atoms with E-state index in [0.717, 1.165) is 6.61 Å². The fraction of sp³-hybridized carbons (Fsp3) is 1.00.